The fourth-order valence-corrected chi connectivity index (χ4v) is 6.16. The smallest absolute Gasteiger partial charge is 0.410 e. The molecule has 2 aromatic rings. The van der Waals surface area contributed by atoms with Gasteiger partial charge < -0.3 is 14.5 Å². The molecule has 1 saturated heterocycles. The molecule has 0 aromatic heterocycles. The summed E-state index contributed by atoms with van der Waals surface area (Å²) in [6.07, 6.45) is 2.49. The molecule has 1 amide bonds. The number of nitrogens with zero attached hydrogens (tertiary/aromatic N) is 3. The maximum atomic E-state index is 13.1. The molecule has 0 bridgehead atoms. The van der Waals surface area contributed by atoms with Crippen LogP contribution in [-0.2, 0) is 14.8 Å². The van der Waals surface area contributed by atoms with Gasteiger partial charge >= 0.3 is 6.09 Å². The second-order valence-electron chi connectivity index (χ2n) is 10.3. The molecule has 2 aromatic carbocycles. The molecule has 1 aliphatic heterocycles. The van der Waals surface area contributed by atoms with Gasteiger partial charge in [-0.2, -0.15) is 0 Å². The molecule has 0 aliphatic carbocycles. The molecule has 0 radical (unpaired) electrons. The van der Waals surface area contributed by atoms with Gasteiger partial charge in [-0.1, -0.05) is 62.4 Å². The molecule has 0 spiro atoms. The van der Waals surface area contributed by atoms with E-state index >= 15 is 0 Å². The Hall–Kier alpha value is -2.42. The summed E-state index contributed by atoms with van der Waals surface area (Å²) >= 11 is 0. The van der Waals surface area contributed by atoms with Gasteiger partial charge in [-0.25, -0.2) is 17.5 Å². The highest BCUT2D eigenvalue weighted by Crippen LogP contribution is 2.26. The maximum absolute atomic E-state index is 13.1. The van der Waals surface area contributed by atoms with Crippen molar-refractivity contribution in [3.63, 3.8) is 0 Å². The molecule has 204 valence electrons. The Morgan fingerprint density at radius 1 is 1.03 bits per heavy atom. The second-order valence-corrected chi connectivity index (χ2v) is 12.4. The van der Waals surface area contributed by atoms with E-state index in [2.05, 4.69) is 17.0 Å². The molecule has 7 nitrogen and oxygen atoms in total. The van der Waals surface area contributed by atoms with E-state index in [0.717, 1.165) is 44.5 Å². The Balaban J connectivity index is 1.59. The highest BCUT2D eigenvalue weighted by molar-refractivity contribution is 7.89. The molecule has 37 heavy (non-hydrogen) atoms. The molecule has 3 rings (SSSR count). The van der Waals surface area contributed by atoms with Crippen molar-refractivity contribution in [3.8, 4) is 0 Å². The van der Waals surface area contributed by atoms with Crippen LogP contribution in [0.15, 0.2) is 65.6 Å². The van der Waals surface area contributed by atoms with Crippen molar-refractivity contribution in [1.82, 2.24) is 14.1 Å². The fraction of sp³-hybridized carbons (Fsp3) is 0.552. The number of hydrogen-bond acceptors (Lipinski definition) is 5. The van der Waals surface area contributed by atoms with Crippen LogP contribution < -0.4 is 0 Å². The van der Waals surface area contributed by atoms with Gasteiger partial charge in [0, 0.05) is 39.3 Å². The Morgan fingerprint density at radius 3 is 2.19 bits per heavy atom. The van der Waals surface area contributed by atoms with Crippen LogP contribution in [0.25, 0.3) is 0 Å². The van der Waals surface area contributed by atoms with Gasteiger partial charge in [0.15, 0.2) is 0 Å². The van der Waals surface area contributed by atoms with Crippen LogP contribution in [0.1, 0.15) is 51.5 Å². The number of likely N-dealkylation sites (tertiary alicyclic amines) is 1. The number of benzene rings is 2. The zero-order chi connectivity index (χ0) is 26.8. The first-order valence-corrected chi connectivity index (χ1v) is 14.9. The average Bonchev–Trinajstić information content (AvgIpc) is 2.91. The van der Waals surface area contributed by atoms with E-state index in [-0.39, 0.29) is 18.1 Å². The number of hydrogen-bond donors (Lipinski definition) is 0. The largest absolute Gasteiger partial charge is 0.449 e. The summed E-state index contributed by atoms with van der Waals surface area (Å²) in [5, 5.41) is 0. The number of sulfonamides is 1. The number of carbonyl (C=O) groups is 1. The third-order valence-electron chi connectivity index (χ3n) is 7.11. The summed E-state index contributed by atoms with van der Waals surface area (Å²) < 4.78 is 33.3. The van der Waals surface area contributed by atoms with Gasteiger partial charge in [0.2, 0.25) is 10.0 Å². The summed E-state index contributed by atoms with van der Waals surface area (Å²) in [6, 6.07) is 19.0. The first-order valence-electron chi connectivity index (χ1n) is 13.4. The molecule has 0 saturated carbocycles. The van der Waals surface area contributed by atoms with Crippen molar-refractivity contribution in [1.29, 1.82) is 0 Å². The number of likely N-dealkylation sites (N-methyl/N-ethyl adjacent to an activating group) is 1. The summed E-state index contributed by atoms with van der Waals surface area (Å²) in [5.41, 5.74) is 1.15. The number of piperidine rings is 1. The maximum Gasteiger partial charge on any atom is 0.410 e. The summed E-state index contributed by atoms with van der Waals surface area (Å²) in [6.45, 7) is 10.3. The van der Waals surface area contributed by atoms with E-state index in [1.54, 1.807) is 31.3 Å². The van der Waals surface area contributed by atoms with Gasteiger partial charge in [0.05, 0.1) is 11.5 Å². The van der Waals surface area contributed by atoms with Crippen LogP contribution >= 0.6 is 0 Å². The predicted molar refractivity (Wildman–Crippen MR) is 148 cm³/mol. The third-order valence-corrected chi connectivity index (χ3v) is 8.94. The van der Waals surface area contributed by atoms with Crippen molar-refractivity contribution in [3.05, 3.63) is 66.2 Å². The number of rotatable bonds is 12. The SMILES string of the molecule is CCN(C(=O)OCC(C)C)C1CCN(CCC(CN(C)S(=O)(=O)c2ccccc2)c2ccccc2)CC1. The zero-order valence-corrected chi connectivity index (χ0v) is 23.6. The van der Waals surface area contributed by atoms with Crippen molar-refractivity contribution in [2.75, 3.05) is 46.4 Å². The number of amides is 1. The fourth-order valence-electron chi connectivity index (χ4n) is 4.92. The highest BCUT2D eigenvalue weighted by Gasteiger charge is 2.29. The molecular formula is C29H43N3O4S. The lowest BCUT2D eigenvalue weighted by atomic mass is 9.94. The quantitative estimate of drug-likeness (QED) is 0.384. The molecule has 1 fully saturated rings. The van der Waals surface area contributed by atoms with Gasteiger partial charge in [-0.05, 0) is 62.3 Å². The Morgan fingerprint density at radius 2 is 1.62 bits per heavy atom. The number of ether oxygens (including phenoxy) is 1. The lowest BCUT2D eigenvalue weighted by Gasteiger charge is -2.38. The minimum absolute atomic E-state index is 0.0839. The van der Waals surface area contributed by atoms with Crippen LogP contribution in [-0.4, -0.2) is 81.0 Å². The first kappa shape index (κ1) is 29.1. The van der Waals surface area contributed by atoms with Gasteiger partial charge in [-0.3, -0.25) is 0 Å². The molecule has 1 aliphatic rings. The lowest BCUT2D eigenvalue weighted by Crippen LogP contribution is -2.48. The van der Waals surface area contributed by atoms with Crippen LogP contribution in [0.3, 0.4) is 0 Å². The topological polar surface area (TPSA) is 70.2 Å². The van der Waals surface area contributed by atoms with E-state index in [9.17, 15) is 13.2 Å². The second kappa shape index (κ2) is 13.9. The predicted octanol–water partition coefficient (Wildman–Crippen LogP) is 5.06. The van der Waals surface area contributed by atoms with Gasteiger partial charge in [0.1, 0.15) is 0 Å². The van der Waals surface area contributed by atoms with E-state index in [4.69, 9.17) is 4.74 Å². The molecular weight excluding hydrogens is 486 g/mol. The van der Waals surface area contributed by atoms with Crippen LogP contribution in [0, 0.1) is 5.92 Å². The lowest BCUT2D eigenvalue weighted by molar-refractivity contribution is 0.0605. The molecule has 0 N–H and O–H groups in total. The van der Waals surface area contributed by atoms with Crippen LogP contribution in [0.5, 0.6) is 0 Å². The Bertz CT molecular complexity index is 1060. The monoisotopic (exact) mass is 529 g/mol. The summed E-state index contributed by atoms with van der Waals surface area (Å²) in [7, 11) is -1.88. The minimum atomic E-state index is -3.55. The molecule has 1 heterocycles. The Labute approximate surface area is 223 Å². The molecule has 8 heteroatoms. The van der Waals surface area contributed by atoms with E-state index < -0.39 is 10.0 Å². The van der Waals surface area contributed by atoms with Crippen LogP contribution in [0.4, 0.5) is 4.79 Å². The normalized spacial score (nSPS) is 16.2. The highest BCUT2D eigenvalue weighted by atomic mass is 32.2. The van der Waals surface area contributed by atoms with E-state index in [1.165, 1.54) is 4.31 Å². The number of carbonyl (C=O) groups excluding carboxylic acids is 1. The average molecular weight is 530 g/mol. The first-order chi connectivity index (χ1) is 17.7. The van der Waals surface area contributed by atoms with E-state index in [1.807, 2.05) is 49.9 Å². The summed E-state index contributed by atoms with van der Waals surface area (Å²) in [4.78, 5) is 17.2. The van der Waals surface area contributed by atoms with Gasteiger partial charge in [0.25, 0.3) is 0 Å². The van der Waals surface area contributed by atoms with E-state index in [0.29, 0.717) is 30.5 Å². The molecule has 1 unspecified atom stereocenters. The summed E-state index contributed by atoms with van der Waals surface area (Å²) in [5.74, 6) is 0.407. The van der Waals surface area contributed by atoms with Crippen molar-refractivity contribution in [2.24, 2.45) is 5.92 Å². The Kier molecular flexibility index (Phi) is 11.0. The third kappa shape index (κ3) is 8.28. The minimum Gasteiger partial charge on any atom is -0.449 e. The van der Waals surface area contributed by atoms with Crippen molar-refractivity contribution < 1.29 is 17.9 Å². The zero-order valence-electron chi connectivity index (χ0n) is 22.8. The van der Waals surface area contributed by atoms with Crippen molar-refractivity contribution >= 4 is 16.1 Å². The molecule has 1 atom stereocenters. The van der Waals surface area contributed by atoms with Gasteiger partial charge in [-0.15, -0.1) is 0 Å². The van der Waals surface area contributed by atoms with Crippen LogP contribution in [0.2, 0.25) is 0 Å². The standard InChI is InChI=1S/C29H43N3O4S/c1-5-32(29(33)36-23-24(2)3)27-17-20-31(21-18-27)19-16-26(25-12-8-6-9-13-25)22-30(4)37(34,35)28-14-10-7-11-15-28/h6-15,24,26-27H,5,16-23H2,1-4H3. The van der Waals surface area contributed by atoms with Crippen molar-refractivity contribution in [2.45, 2.75) is 56.9 Å².